The molecule has 0 aromatic heterocycles. The lowest BCUT2D eigenvalue weighted by atomic mass is 9.70. The topological polar surface area (TPSA) is 72.2 Å². The van der Waals surface area contributed by atoms with Gasteiger partial charge in [0.25, 0.3) is 5.69 Å². The maximum atomic E-state index is 12.6. The molecule has 0 radical (unpaired) electrons. The molecule has 3 atom stereocenters. The van der Waals surface area contributed by atoms with Gasteiger partial charge in [-0.25, -0.2) is 0 Å². The smallest absolute Gasteiger partial charge is 0.269 e. The Morgan fingerprint density at radius 2 is 1.96 bits per heavy atom. The molecule has 1 aromatic carbocycles. The summed E-state index contributed by atoms with van der Waals surface area (Å²) in [5, 5.41) is 13.7. The van der Waals surface area contributed by atoms with Crippen molar-refractivity contribution in [3.05, 3.63) is 39.9 Å². The van der Waals surface area contributed by atoms with Crippen LogP contribution >= 0.6 is 0 Å². The molecule has 126 valence electrons. The lowest BCUT2D eigenvalue weighted by molar-refractivity contribution is -0.384. The predicted molar refractivity (Wildman–Crippen MR) is 89.8 cm³/mol. The summed E-state index contributed by atoms with van der Waals surface area (Å²) in [7, 11) is 0. The molecule has 0 unspecified atom stereocenters. The van der Waals surface area contributed by atoms with Crippen molar-refractivity contribution >= 4 is 11.6 Å². The summed E-state index contributed by atoms with van der Waals surface area (Å²) in [4.78, 5) is 22.8. The largest absolute Gasteiger partial charge is 0.352 e. The number of nitrogens with one attached hydrogen (secondary N) is 1. The normalized spacial score (nSPS) is 24.4. The van der Waals surface area contributed by atoms with Gasteiger partial charge >= 0.3 is 0 Å². The van der Waals surface area contributed by atoms with E-state index >= 15 is 0 Å². The maximum Gasteiger partial charge on any atom is 0.269 e. The van der Waals surface area contributed by atoms with Gasteiger partial charge in [0.2, 0.25) is 5.91 Å². The highest BCUT2D eigenvalue weighted by atomic mass is 16.6. The first kappa shape index (κ1) is 17.4. The molecule has 23 heavy (non-hydrogen) atoms. The summed E-state index contributed by atoms with van der Waals surface area (Å²) in [5.41, 5.74) is 0.954. The van der Waals surface area contributed by atoms with Crippen molar-refractivity contribution in [2.45, 2.75) is 46.6 Å². The Morgan fingerprint density at radius 1 is 1.30 bits per heavy atom. The highest BCUT2D eigenvalue weighted by molar-refractivity contribution is 5.79. The van der Waals surface area contributed by atoms with Crippen molar-refractivity contribution in [3.8, 4) is 0 Å². The van der Waals surface area contributed by atoms with Crippen LogP contribution in [-0.4, -0.2) is 10.8 Å². The van der Waals surface area contributed by atoms with E-state index in [2.05, 4.69) is 26.1 Å². The van der Waals surface area contributed by atoms with Crippen molar-refractivity contribution < 1.29 is 9.72 Å². The minimum absolute atomic E-state index is 0.0704. The number of rotatable bonds is 5. The predicted octanol–water partition coefficient (Wildman–Crippen LogP) is 3.92. The van der Waals surface area contributed by atoms with Crippen LogP contribution in [0.2, 0.25) is 0 Å². The first-order valence-electron chi connectivity index (χ1n) is 8.39. The number of hydrogen-bond acceptors (Lipinski definition) is 3. The Balaban J connectivity index is 1.95. The summed E-state index contributed by atoms with van der Waals surface area (Å²) >= 11 is 0. The fraction of sp³-hybridized carbons (Fsp3) is 0.611. The standard InChI is InChI=1S/C18H26N2O3/c1-12(2)16-9-4-13(3)10-17(16)18(21)19-11-14-5-7-15(8-6-14)20(22)23/h5-8,12-13,16-17H,4,9-11H2,1-3H3,(H,19,21)/t13-,16-,17-/m1/s1. The van der Waals surface area contributed by atoms with Gasteiger partial charge in [-0.3, -0.25) is 14.9 Å². The molecule has 1 amide bonds. The van der Waals surface area contributed by atoms with Gasteiger partial charge in [0, 0.05) is 24.6 Å². The average Bonchev–Trinajstić information content (AvgIpc) is 2.52. The van der Waals surface area contributed by atoms with E-state index < -0.39 is 4.92 Å². The van der Waals surface area contributed by atoms with E-state index in [0.29, 0.717) is 24.3 Å². The van der Waals surface area contributed by atoms with Crippen molar-refractivity contribution in [3.63, 3.8) is 0 Å². The molecule has 1 fully saturated rings. The maximum absolute atomic E-state index is 12.6. The summed E-state index contributed by atoms with van der Waals surface area (Å²) in [6.07, 6.45) is 3.28. The third-order valence-electron chi connectivity index (χ3n) is 4.97. The summed E-state index contributed by atoms with van der Waals surface area (Å²) in [6.45, 7) is 7.02. The monoisotopic (exact) mass is 318 g/mol. The van der Waals surface area contributed by atoms with E-state index in [1.54, 1.807) is 12.1 Å². The second kappa shape index (κ2) is 7.57. The lowest BCUT2D eigenvalue weighted by Crippen LogP contribution is -2.39. The molecule has 5 nitrogen and oxygen atoms in total. The molecule has 1 aliphatic rings. The van der Waals surface area contributed by atoms with Gasteiger partial charge in [-0.15, -0.1) is 0 Å². The van der Waals surface area contributed by atoms with E-state index in [-0.39, 0.29) is 17.5 Å². The van der Waals surface area contributed by atoms with Crippen LogP contribution in [0.1, 0.15) is 45.6 Å². The SMILES string of the molecule is CC(C)[C@H]1CC[C@@H](C)C[C@H]1C(=O)NCc1ccc([N+](=O)[O-])cc1. The fourth-order valence-electron chi connectivity index (χ4n) is 3.56. The van der Waals surface area contributed by atoms with Crippen LogP contribution < -0.4 is 5.32 Å². The van der Waals surface area contributed by atoms with Crippen LogP contribution in [-0.2, 0) is 11.3 Å². The Hall–Kier alpha value is -1.91. The van der Waals surface area contributed by atoms with Crippen LogP contribution in [0.25, 0.3) is 0 Å². The molecular formula is C18H26N2O3. The Morgan fingerprint density at radius 3 is 2.52 bits per heavy atom. The van der Waals surface area contributed by atoms with E-state index in [1.807, 2.05) is 0 Å². The molecule has 0 bridgehead atoms. The van der Waals surface area contributed by atoms with Crippen LogP contribution in [0.3, 0.4) is 0 Å². The van der Waals surface area contributed by atoms with Crippen LogP contribution in [0.15, 0.2) is 24.3 Å². The van der Waals surface area contributed by atoms with Gasteiger partial charge in [-0.1, -0.05) is 39.3 Å². The third kappa shape index (κ3) is 4.53. The number of carbonyl (C=O) groups is 1. The van der Waals surface area contributed by atoms with Crippen molar-refractivity contribution in [1.82, 2.24) is 5.32 Å². The molecule has 0 saturated heterocycles. The van der Waals surface area contributed by atoms with Gasteiger partial charge in [0.15, 0.2) is 0 Å². The molecule has 1 N–H and O–H groups in total. The van der Waals surface area contributed by atoms with Crippen LogP contribution in [0.4, 0.5) is 5.69 Å². The number of non-ortho nitro benzene ring substituents is 1. The first-order chi connectivity index (χ1) is 10.9. The minimum atomic E-state index is -0.418. The van der Waals surface area contributed by atoms with Gasteiger partial charge in [0.05, 0.1) is 4.92 Å². The summed E-state index contributed by atoms with van der Waals surface area (Å²) < 4.78 is 0. The van der Waals surface area contributed by atoms with E-state index in [1.165, 1.54) is 18.6 Å². The number of amides is 1. The van der Waals surface area contributed by atoms with E-state index in [9.17, 15) is 14.9 Å². The molecule has 1 saturated carbocycles. The van der Waals surface area contributed by atoms with E-state index in [0.717, 1.165) is 18.4 Å². The van der Waals surface area contributed by atoms with Crippen molar-refractivity contribution in [2.24, 2.45) is 23.7 Å². The fourth-order valence-corrected chi connectivity index (χ4v) is 3.56. The number of carbonyl (C=O) groups excluding carboxylic acids is 1. The zero-order valence-electron chi connectivity index (χ0n) is 14.1. The average molecular weight is 318 g/mol. The highest BCUT2D eigenvalue weighted by Crippen LogP contribution is 2.38. The Labute approximate surface area is 137 Å². The number of hydrogen-bond donors (Lipinski definition) is 1. The second-order valence-electron chi connectivity index (χ2n) is 7.07. The molecule has 0 spiro atoms. The van der Waals surface area contributed by atoms with Gasteiger partial charge in [0.1, 0.15) is 0 Å². The number of nitrogens with zero attached hydrogens (tertiary/aromatic N) is 1. The molecule has 0 heterocycles. The zero-order chi connectivity index (χ0) is 17.0. The summed E-state index contributed by atoms with van der Waals surface area (Å²) in [5.74, 6) is 1.76. The van der Waals surface area contributed by atoms with Crippen molar-refractivity contribution in [2.75, 3.05) is 0 Å². The van der Waals surface area contributed by atoms with Gasteiger partial charge in [-0.2, -0.15) is 0 Å². The van der Waals surface area contributed by atoms with Crippen molar-refractivity contribution in [1.29, 1.82) is 0 Å². The van der Waals surface area contributed by atoms with E-state index in [4.69, 9.17) is 0 Å². The number of nitro benzene ring substituents is 1. The molecule has 2 rings (SSSR count). The number of benzene rings is 1. The Bertz CT molecular complexity index is 554. The highest BCUT2D eigenvalue weighted by Gasteiger charge is 2.35. The summed E-state index contributed by atoms with van der Waals surface area (Å²) in [6, 6.07) is 6.34. The van der Waals surface area contributed by atoms with Gasteiger partial charge < -0.3 is 5.32 Å². The quantitative estimate of drug-likeness (QED) is 0.660. The zero-order valence-corrected chi connectivity index (χ0v) is 14.1. The van der Waals surface area contributed by atoms with Gasteiger partial charge in [-0.05, 0) is 36.2 Å². The van der Waals surface area contributed by atoms with Crippen LogP contribution in [0.5, 0.6) is 0 Å². The molecule has 1 aliphatic carbocycles. The minimum Gasteiger partial charge on any atom is -0.352 e. The molecule has 1 aromatic rings. The Kier molecular flexibility index (Phi) is 5.74. The second-order valence-corrected chi connectivity index (χ2v) is 7.07. The van der Waals surface area contributed by atoms with Crippen LogP contribution in [0, 0.1) is 33.8 Å². The third-order valence-corrected chi connectivity index (χ3v) is 4.97. The number of nitro groups is 1. The molecular weight excluding hydrogens is 292 g/mol. The molecule has 0 aliphatic heterocycles. The first-order valence-corrected chi connectivity index (χ1v) is 8.39. The lowest BCUT2D eigenvalue weighted by Gasteiger charge is -2.36. The molecule has 5 heteroatoms.